The number of fused-ring (bicyclic) bond motifs is 1. The average Bonchev–Trinajstić information content (AvgIpc) is 3.07. The third-order valence-corrected chi connectivity index (χ3v) is 5.74. The molecule has 134 valence electrons. The first-order chi connectivity index (χ1) is 12.1. The fourth-order valence-electron chi connectivity index (χ4n) is 4.18. The molecule has 7 heteroatoms. The minimum Gasteiger partial charge on any atom is -0.460 e. The van der Waals surface area contributed by atoms with Crippen molar-refractivity contribution in [2.75, 3.05) is 19.8 Å². The minimum atomic E-state index is -0.521. The second-order valence-electron chi connectivity index (χ2n) is 7.38. The summed E-state index contributed by atoms with van der Waals surface area (Å²) < 4.78 is 11.2. The second kappa shape index (κ2) is 6.37. The van der Waals surface area contributed by atoms with Gasteiger partial charge in [0.05, 0.1) is 24.5 Å². The van der Waals surface area contributed by atoms with E-state index in [2.05, 4.69) is 15.3 Å². The number of aromatic nitrogens is 2. The molecule has 1 N–H and O–H groups in total. The van der Waals surface area contributed by atoms with E-state index in [0.717, 1.165) is 29.8 Å². The summed E-state index contributed by atoms with van der Waals surface area (Å²) in [5.74, 6) is -0.314. The summed E-state index contributed by atoms with van der Waals surface area (Å²) in [6.07, 6.45) is 4.71. The molecule has 0 aromatic carbocycles. The molecule has 2 aliphatic heterocycles. The highest BCUT2D eigenvalue weighted by Crippen LogP contribution is 2.37. The van der Waals surface area contributed by atoms with Crippen molar-refractivity contribution in [3.63, 3.8) is 0 Å². The van der Waals surface area contributed by atoms with Gasteiger partial charge in [-0.1, -0.05) is 0 Å². The van der Waals surface area contributed by atoms with E-state index < -0.39 is 5.41 Å². The van der Waals surface area contributed by atoms with E-state index in [1.807, 2.05) is 6.92 Å². The molecule has 1 spiro atoms. The lowest BCUT2D eigenvalue weighted by Gasteiger charge is -2.36. The van der Waals surface area contributed by atoms with Gasteiger partial charge in [0.25, 0.3) is 0 Å². The Labute approximate surface area is 146 Å². The summed E-state index contributed by atoms with van der Waals surface area (Å²) in [5, 5.41) is 2.88. The Balaban J connectivity index is 1.41. The lowest BCUT2D eigenvalue weighted by molar-refractivity contribution is -0.161. The SMILES string of the molecule is Cc1ncnc2c1CC(C(=O)O[C@@H]1CNC(=O)[C@@]3(CCOC3)C1)CC2. The molecule has 2 fully saturated rings. The van der Waals surface area contributed by atoms with Crippen molar-refractivity contribution in [2.24, 2.45) is 11.3 Å². The molecule has 7 nitrogen and oxygen atoms in total. The summed E-state index contributed by atoms with van der Waals surface area (Å²) >= 11 is 0. The van der Waals surface area contributed by atoms with Gasteiger partial charge in [-0.05, 0) is 38.2 Å². The Hall–Kier alpha value is -2.02. The van der Waals surface area contributed by atoms with Gasteiger partial charge in [0.1, 0.15) is 12.4 Å². The number of rotatable bonds is 2. The molecule has 0 bridgehead atoms. The predicted octanol–water partition coefficient (Wildman–Crippen LogP) is 0.728. The molecule has 1 aromatic rings. The molecular weight excluding hydrogens is 322 g/mol. The summed E-state index contributed by atoms with van der Waals surface area (Å²) in [6.45, 7) is 3.35. The Morgan fingerprint density at radius 2 is 2.32 bits per heavy atom. The first-order valence-corrected chi connectivity index (χ1v) is 8.93. The fourth-order valence-corrected chi connectivity index (χ4v) is 4.18. The molecule has 0 radical (unpaired) electrons. The highest BCUT2D eigenvalue weighted by Gasteiger charge is 2.48. The van der Waals surface area contributed by atoms with Gasteiger partial charge in [-0.2, -0.15) is 0 Å². The van der Waals surface area contributed by atoms with Crippen LogP contribution >= 0.6 is 0 Å². The number of hydrogen-bond acceptors (Lipinski definition) is 6. The van der Waals surface area contributed by atoms with Gasteiger partial charge in [-0.15, -0.1) is 0 Å². The second-order valence-corrected chi connectivity index (χ2v) is 7.38. The van der Waals surface area contributed by atoms with Crippen LogP contribution in [-0.2, 0) is 31.9 Å². The average molecular weight is 345 g/mol. The number of amides is 1. The smallest absolute Gasteiger partial charge is 0.309 e. The summed E-state index contributed by atoms with van der Waals surface area (Å²) in [5.41, 5.74) is 2.54. The van der Waals surface area contributed by atoms with E-state index in [1.165, 1.54) is 0 Å². The van der Waals surface area contributed by atoms with Crippen LogP contribution in [0, 0.1) is 18.3 Å². The Morgan fingerprint density at radius 3 is 3.12 bits per heavy atom. The number of carbonyl (C=O) groups excluding carboxylic acids is 2. The zero-order valence-electron chi connectivity index (χ0n) is 14.4. The molecule has 3 atom stereocenters. The maximum Gasteiger partial charge on any atom is 0.309 e. The van der Waals surface area contributed by atoms with Crippen LogP contribution in [0.15, 0.2) is 6.33 Å². The zero-order chi connectivity index (χ0) is 17.4. The monoisotopic (exact) mass is 345 g/mol. The van der Waals surface area contributed by atoms with Crippen molar-refractivity contribution in [1.82, 2.24) is 15.3 Å². The number of aryl methyl sites for hydroxylation is 2. The summed E-state index contributed by atoms with van der Waals surface area (Å²) in [7, 11) is 0. The van der Waals surface area contributed by atoms with Crippen molar-refractivity contribution >= 4 is 11.9 Å². The van der Waals surface area contributed by atoms with Crippen molar-refractivity contribution in [3.8, 4) is 0 Å². The minimum absolute atomic E-state index is 0.0247. The molecule has 3 aliphatic rings. The first kappa shape index (κ1) is 16.4. The molecule has 3 heterocycles. The predicted molar refractivity (Wildman–Crippen MR) is 87.7 cm³/mol. The normalized spacial score (nSPS) is 31.5. The van der Waals surface area contributed by atoms with Crippen molar-refractivity contribution < 1.29 is 19.1 Å². The molecule has 1 unspecified atom stereocenters. The van der Waals surface area contributed by atoms with E-state index in [-0.39, 0.29) is 23.9 Å². The van der Waals surface area contributed by atoms with Crippen molar-refractivity contribution in [3.05, 3.63) is 23.3 Å². The van der Waals surface area contributed by atoms with Crippen LogP contribution in [-0.4, -0.2) is 47.7 Å². The molecule has 0 saturated carbocycles. The fraction of sp³-hybridized carbons (Fsp3) is 0.667. The van der Waals surface area contributed by atoms with Crippen LogP contribution in [0.3, 0.4) is 0 Å². The van der Waals surface area contributed by atoms with Gasteiger partial charge < -0.3 is 14.8 Å². The molecular formula is C18H23N3O4. The molecule has 1 aliphatic carbocycles. The summed E-state index contributed by atoms with van der Waals surface area (Å²) in [4.78, 5) is 33.4. The Kier molecular flexibility index (Phi) is 4.19. The Morgan fingerprint density at radius 1 is 1.44 bits per heavy atom. The van der Waals surface area contributed by atoms with Crippen LogP contribution in [0.5, 0.6) is 0 Å². The first-order valence-electron chi connectivity index (χ1n) is 8.93. The van der Waals surface area contributed by atoms with E-state index >= 15 is 0 Å². The third kappa shape index (κ3) is 3.01. The van der Waals surface area contributed by atoms with E-state index in [9.17, 15) is 9.59 Å². The molecule has 1 aromatic heterocycles. The number of nitrogens with zero attached hydrogens (tertiary/aromatic N) is 2. The maximum atomic E-state index is 12.7. The van der Waals surface area contributed by atoms with Gasteiger partial charge >= 0.3 is 5.97 Å². The summed E-state index contributed by atoms with van der Waals surface area (Å²) in [6, 6.07) is 0. The van der Waals surface area contributed by atoms with E-state index in [4.69, 9.17) is 9.47 Å². The molecule has 2 saturated heterocycles. The lowest BCUT2D eigenvalue weighted by atomic mass is 9.78. The number of ether oxygens (including phenoxy) is 2. The van der Waals surface area contributed by atoms with Crippen LogP contribution in [0.2, 0.25) is 0 Å². The molecule has 4 rings (SSSR count). The zero-order valence-corrected chi connectivity index (χ0v) is 14.4. The largest absolute Gasteiger partial charge is 0.460 e. The standard InChI is InChI=1S/C18H23N3O4/c1-11-14-6-12(2-3-15(14)21-10-20-11)16(22)25-13-7-18(4-5-24-9-18)17(23)19-8-13/h10,12-13H,2-9H2,1H3,(H,19,23)/t12?,13-,18-/m0/s1. The van der Waals surface area contributed by atoms with Crippen molar-refractivity contribution in [1.29, 1.82) is 0 Å². The number of esters is 1. The topological polar surface area (TPSA) is 90.4 Å². The van der Waals surface area contributed by atoms with Crippen LogP contribution in [0.4, 0.5) is 0 Å². The number of hydrogen-bond donors (Lipinski definition) is 1. The molecule has 25 heavy (non-hydrogen) atoms. The number of piperidine rings is 1. The van der Waals surface area contributed by atoms with Crippen LogP contribution in [0.1, 0.15) is 36.2 Å². The number of carbonyl (C=O) groups is 2. The third-order valence-electron chi connectivity index (χ3n) is 5.74. The molecule has 1 amide bonds. The van der Waals surface area contributed by atoms with Gasteiger partial charge in [0.15, 0.2) is 0 Å². The van der Waals surface area contributed by atoms with Gasteiger partial charge in [-0.3, -0.25) is 9.59 Å². The quantitative estimate of drug-likeness (QED) is 0.795. The van der Waals surface area contributed by atoms with Crippen molar-refractivity contribution in [2.45, 2.75) is 45.1 Å². The van der Waals surface area contributed by atoms with Gasteiger partial charge in [0, 0.05) is 24.4 Å². The maximum absolute atomic E-state index is 12.7. The Bertz CT molecular complexity index is 700. The van der Waals surface area contributed by atoms with Crippen LogP contribution < -0.4 is 5.32 Å². The van der Waals surface area contributed by atoms with Crippen LogP contribution in [0.25, 0.3) is 0 Å². The van der Waals surface area contributed by atoms with E-state index in [1.54, 1.807) is 6.33 Å². The van der Waals surface area contributed by atoms with Gasteiger partial charge in [0.2, 0.25) is 5.91 Å². The highest BCUT2D eigenvalue weighted by molar-refractivity contribution is 5.84. The lowest BCUT2D eigenvalue weighted by Crippen LogP contribution is -2.53. The highest BCUT2D eigenvalue weighted by atomic mass is 16.5. The van der Waals surface area contributed by atoms with E-state index in [0.29, 0.717) is 39.0 Å². The number of nitrogens with one attached hydrogen (secondary N) is 1. The van der Waals surface area contributed by atoms with Gasteiger partial charge in [-0.25, -0.2) is 9.97 Å².